The number of halogens is 1. The molecule has 1 atom stereocenters. The highest BCUT2D eigenvalue weighted by Gasteiger charge is 2.48. The number of aromatic nitrogens is 2. The van der Waals surface area contributed by atoms with E-state index in [1.165, 1.54) is 27.8 Å². The van der Waals surface area contributed by atoms with E-state index >= 15 is 0 Å². The summed E-state index contributed by atoms with van der Waals surface area (Å²) in [4.78, 5) is 41.0. The number of nitrogens with one attached hydrogen (secondary N) is 1. The monoisotopic (exact) mass is 470 g/mol. The Morgan fingerprint density at radius 2 is 1.85 bits per heavy atom. The number of rotatable bonds is 6. The number of benzene rings is 1. The molecular formula is C25H31FN4O4. The Balaban J connectivity index is 1.67. The SMILES string of the molecule is CCOC(=O)c1cc2n(n1)CC(C)(C(=O)NC1CCCCCC1)N(Cc1ccc(F)cc1)C2=O. The van der Waals surface area contributed by atoms with E-state index in [1.54, 1.807) is 26.0 Å². The van der Waals surface area contributed by atoms with Crippen LogP contribution in [0, 0.1) is 5.82 Å². The quantitative estimate of drug-likeness (QED) is 0.516. The summed E-state index contributed by atoms with van der Waals surface area (Å²) in [6.45, 7) is 3.81. The van der Waals surface area contributed by atoms with Crippen molar-refractivity contribution in [3.8, 4) is 0 Å². The number of amides is 2. The standard InChI is InChI=1S/C25H31FN4O4/c1-3-34-23(32)20-14-21-22(31)29(15-17-10-12-18(26)13-11-17)25(2,16-30(21)28-20)24(33)27-19-8-6-4-5-7-9-19/h10-14,19H,3-9,15-16H2,1-2H3,(H,27,33). The first-order valence-electron chi connectivity index (χ1n) is 11.9. The number of hydrogen-bond acceptors (Lipinski definition) is 5. The van der Waals surface area contributed by atoms with Gasteiger partial charge in [0.15, 0.2) is 5.69 Å². The van der Waals surface area contributed by atoms with Crippen LogP contribution in [0.3, 0.4) is 0 Å². The first-order valence-corrected chi connectivity index (χ1v) is 11.9. The fraction of sp³-hybridized carbons (Fsp3) is 0.520. The van der Waals surface area contributed by atoms with Gasteiger partial charge in [-0.05, 0) is 44.4 Å². The highest BCUT2D eigenvalue weighted by molar-refractivity contribution is 6.01. The van der Waals surface area contributed by atoms with Crippen LogP contribution in [0.5, 0.6) is 0 Å². The summed E-state index contributed by atoms with van der Waals surface area (Å²) in [5.74, 6) is -1.67. The molecule has 2 aromatic rings. The molecule has 1 N–H and O–H groups in total. The van der Waals surface area contributed by atoms with E-state index in [0.29, 0.717) is 5.56 Å². The van der Waals surface area contributed by atoms with E-state index in [-0.39, 0.29) is 48.9 Å². The van der Waals surface area contributed by atoms with Gasteiger partial charge in [-0.15, -0.1) is 0 Å². The molecule has 1 aromatic carbocycles. The molecule has 0 bridgehead atoms. The second-order valence-corrected chi connectivity index (χ2v) is 9.25. The molecule has 1 aliphatic carbocycles. The molecule has 9 heteroatoms. The lowest BCUT2D eigenvalue weighted by molar-refractivity contribution is -0.134. The van der Waals surface area contributed by atoms with E-state index < -0.39 is 17.4 Å². The maximum absolute atomic E-state index is 13.7. The first kappa shape index (κ1) is 23.9. The Morgan fingerprint density at radius 3 is 2.50 bits per heavy atom. The third kappa shape index (κ3) is 4.83. The van der Waals surface area contributed by atoms with Crippen molar-refractivity contribution in [2.45, 2.75) is 77.0 Å². The Labute approximate surface area is 198 Å². The van der Waals surface area contributed by atoms with Crippen LogP contribution in [0.1, 0.15) is 78.9 Å². The Kier molecular flexibility index (Phi) is 7.00. The molecule has 1 unspecified atom stereocenters. The second kappa shape index (κ2) is 9.95. The van der Waals surface area contributed by atoms with Crippen LogP contribution in [0.4, 0.5) is 4.39 Å². The number of esters is 1. The smallest absolute Gasteiger partial charge is 0.358 e. The molecule has 34 heavy (non-hydrogen) atoms. The van der Waals surface area contributed by atoms with Crippen molar-refractivity contribution in [1.29, 1.82) is 0 Å². The van der Waals surface area contributed by atoms with Gasteiger partial charge in [0.2, 0.25) is 5.91 Å². The second-order valence-electron chi connectivity index (χ2n) is 9.25. The van der Waals surface area contributed by atoms with E-state index in [0.717, 1.165) is 38.5 Å². The van der Waals surface area contributed by atoms with Crippen LogP contribution in [-0.2, 0) is 22.6 Å². The highest BCUT2D eigenvalue weighted by Crippen LogP contribution is 2.30. The zero-order valence-electron chi connectivity index (χ0n) is 19.7. The number of ether oxygens (including phenoxy) is 1. The molecule has 0 saturated heterocycles. The summed E-state index contributed by atoms with van der Waals surface area (Å²) >= 11 is 0. The molecule has 4 rings (SSSR count). The van der Waals surface area contributed by atoms with E-state index in [9.17, 15) is 18.8 Å². The molecule has 1 saturated carbocycles. The minimum absolute atomic E-state index is 0.0281. The zero-order valence-corrected chi connectivity index (χ0v) is 19.7. The third-order valence-corrected chi connectivity index (χ3v) is 6.72. The Hall–Kier alpha value is -3.23. The van der Waals surface area contributed by atoms with Crippen molar-refractivity contribution in [2.75, 3.05) is 6.61 Å². The molecule has 2 aliphatic rings. The van der Waals surface area contributed by atoms with Crippen molar-refractivity contribution < 1.29 is 23.5 Å². The Bertz CT molecular complexity index is 1060. The fourth-order valence-electron chi connectivity index (χ4n) is 4.73. The van der Waals surface area contributed by atoms with Crippen LogP contribution in [-0.4, -0.2) is 50.7 Å². The number of carbonyl (C=O) groups excluding carboxylic acids is 3. The van der Waals surface area contributed by atoms with Gasteiger partial charge >= 0.3 is 5.97 Å². The first-order chi connectivity index (χ1) is 16.3. The predicted molar refractivity (Wildman–Crippen MR) is 122 cm³/mol. The van der Waals surface area contributed by atoms with Crippen LogP contribution in [0.2, 0.25) is 0 Å². The minimum atomic E-state index is -1.25. The van der Waals surface area contributed by atoms with E-state index in [1.807, 2.05) is 0 Å². The molecule has 1 fully saturated rings. The largest absolute Gasteiger partial charge is 0.461 e. The van der Waals surface area contributed by atoms with Crippen molar-refractivity contribution in [2.24, 2.45) is 0 Å². The fourth-order valence-corrected chi connectivity index (χ4v) is 4.73. The highest BCUT2D eigenvalue weighted by atomic mass is 19.1. The van der Waals surface area contributed by atoms with Crippen LogP contribution >= 0.6 is 0 Å². The minimum Gasteiger partial charge on any atom is -0.461 e. The molecule has 0 spiro atoms. The van der Waals surface area contributed by atoms with Gasteiger partial charge in [0.1, 0.15) is 17.1 Å². The van der Waals surface area contributed by atoms with Gasteiger partial charge in [0.25, 0.3) is 5.91 Å². The number of carbonyl (C=O) groups is 3. The van der Waals surface area contributed by atoms with Crippen LogP contribution < -0.4 is 5.32 Å². The van der Waals surface area contributed by atoms with Crippen molar-refractivity contribution >= 4 is 17.8 Å². The zero-order chi connectivity index (χ0) is 24.3. The molecular weight excluding hydrogens is 439 g/mol. The van der Waals surface area contributed by atoms with Crippen LogP contribution in [0.15, 0.2) is 30.3 Å². The lowest BCUT2D eigenvalue weighted by Gasteiger charge is -2.43. The van der Waals surface area contributed by atoms with Gasteiger partial charge in [-0.25, -0.2) is 9.18 Å². The maximum atomic E-state index is 13.7. The average Bonchev–Trinajstić information content (AvgIpc) is 3.07. The van der Waals surface area contributed by atoms with Crippen molar-refractivity contribution in [1.82, 2.24) is 20.0 Å². The van der Waals surface area contributed by atoms with E-state index in [4.69, 9.17) is 4.74 Å². The summed E-state index contributed by atoms with van der Waals surface area (Å²) in [7, 11) is 0. The molecule has 2 amide bonds. The van der Waals surface area contributed by atoms with Gasteiger partial charge in [-0.3, -0.25) is 14.3 Å². The van der Waals surface area contributed by atoms with Crippen molar-refractivity contribution in [3.63, 3.8) is 0 Å². The van der Waals surface area contributed by atoms with Gasteiger partial charge in [-0.1, -0.05) is 37.8 Å². The van der Waals surface area contributed by atoms with Gasteiger partial charge in [-0.2, -0.15) is 5.10 Å². The Morgan fingerprint density at radius 1 is 1.18 bits per heavy atom. The summed E-state index contributed by atoms with van der Waals surface area (Å²) in [5.41, 5.74) is -0.310. The molecule has 0 radical (unpaired) electrons. The number of fused-ring (bicyclic) bond motifs is 1. The van der Waals surface area contributed by atoms with Gasteiger partial charge in [0, 0.05) is 18.7 Å². The predicted octanol–water partition coefficient (Wildman–Crippen LogP) is 3.45. The summed E-state index contributed by atoms with van der Waals surface area (Å²) in [5, 5.41) is 7.45. The summed E-state index contributed by atoms with van der Waals surface area (Å²) < 4.78 is 19.9. The molecule has 1 aliphatic heterocycles. The topological polar surface area (TPSA) is 93.5 Å². The average molecular weight is 471 g/mol. The maximum Gasteiger partial charge on any atom is 0.358 e. The van der Waals surface area contributed by atoms with E-state index in [2.05, 4.69) is 10.4 Å². The van der Waals surface area contributed by atoms with Gasteiger partial charge in [0.05, 0.1) is 13.2 Å². The number of hydrogen-bond donors (Lipinski definition) is 1. The lowest BCUT2D eigenvalue weighted by atomic mass is 9.93. The summed E-state index contributed by atoms with van der Waals surface area (Å²) in [6, 6.07) is 7.32. The summed E-state index contributed by atoms with van der Waals surface area (Å²) in [6.07, 6.45) is 6.26. The third-order valence-electron chi connectivity index (χ3n) is 6.72. The van der Waals surface area contributed by atoms with Crippen LogP contribution in [0.25, 0.3) is 0 Å². The lowest BCUT2D eigenvalue weighted by Crippen LogP contribution is -2.64. The van der Waals surface area contributed by atoms with Crippen molar-refractivity contribution in [3.05, 3.63) is 53.1 Å². The normalized spacial score (nSPS) is 21.0. The number of nitrogens with zero attached hydrogens (tertiary/aromatic N) is 3. The van der Waals surface area contributed by atoms with Gasteiger partial charge < -0.3 is 15.0 Å². The molecule has 182 valence electrons. The molecule has 1 aromatic heterocycles. The molecule has 2 heterocycles. The molecule has 8 nitrogen and oxygen atoms in total.